The van der Waals surface area contributed by atoms with Gasteiger partial charge in [-0.15, -0.1) is 0 Å². The van der Waals surface area contributed by atoms with Crippen LogP contribution in [0.4, 0.5) is 0 Å². The minimum atomic E-state index is -0.738. The van der Waals surface area contributed by atoms with Crippen molar-refractivity contribution in [3.63, 3.8) is 0 Å². The number of aliphatic imine (C=N–C) groups is 1. The summed E-state index contributed by atoms with van der Waals surface area (Å²) in [6.07, 6.45) is 3.28. The Morgan fingerprint density at radius 3 is 2.53 bits per heavy atom. The predicted octanol–water partition coefficient (Wildman–Crippen LogP) is 0.531. The van der Waals surface area contributed by atoms with Crippen LogP contribution in [-0.2, 0) is 0 Å². The molecule has 2 heterocycles. The summed E-state index contributed by atoms with van der Waals surface area (Å²) < 4.78 is 0. The number of aromatic hydroxyl groups is 1. The molecule has 0 aliphatic carbocycles. The summed E-state index contributed by atoms with van der Waals surface area (Å²) in [5, 5.41) is 9.50. The maximum atomic E-state index is 11.5. The lowest BCUT2D eigenvalue weighted by Crippen LogP contribution is -2.23. The average Bonchev–Trinajstić information content (AvgIpc) is 2.51. The predicted molar refractivity (Wildman–Crippen MR) is 64.2 cm³/mol. The largest absolute Gasteiger partial charge is 0.494 e. The minimum absolute atomic E-state index is 0.0140. The van der Waals surface area contributed by atoms with Crippen LogP contribution in [0.15, 0.2) is 31.9 Å². The third kappa shape index (κ3) is 2.10. The van der Waals surface area contributed by atoms with Gasteiger partial charge >= 0.3 is 5.69 Å². The molecule has 6 nitrogen and oxygen atoms in total. The van der Waals surface area contributed by atoms with Crippen LogP contribution >= 0.6 is 0 Å². The number of nitrogens with one attached hydrogen (secondary N) is 2. The zero-order chi connectivity index (χ0) is 12.6. The summed E-state index contributed by atoms with van der Waals surface area (Å²) in [6, 6.07) is 0. The van der Waals surface area contributed by atoms with E-state index in [4.69, 9.17) is 0 Å². The molecule has 0 bridgehead atoms. The highest BCUT2D eigenvalue weighted by atomic mass is 16.3. The van der Waals surface area contributed by atoms with Crippen molar-refractivity contribution in [3.05, 3.63) is 43.7 Å². The Labute approximate surface area is 96.1 Å². The van der Waals surface area contributed by atoms with Crippen LogP contribution in [0, 0.1) is 0 Å². The van der Waals surface area contributed by atoms with Gasteiger partial charge < -0.3 is 5.11 Å². The van der Waals surface area contributed by atoms with Gasteiger partial charge in [0.05, 0.1) is 0 Å². The highest BCUT2D eigenvalue weighted by molar-refractivity contribution is 6.07. The molecule has 0 aromatic carbocycles. The van der Waals surface area contributed by atoms with Crippen molar-refractivity contribution in [2.24, 2.45) is 4.99 Å². The SMILES string of the molecule is CC1=C/C(=C\c2c(O)[nH]c(=O)[nH]c2=O)C(C)=N1. The maximum absolute atomic E-state index is 11.5. The van der Waals surface area contributed by atoms with Crippen LogP contribution in [0.2, 0.25) is 0 Å². The standard InChI is InChI=1S/C11H11N3O3/c1-5-3-7(6(2)12-5)4-8-9(15)13-11(17)14-10(8)16/h3-4H,1-2H3,(H3,13,14,15,16,17)/b7-4+. The zero-order valence-electron chi connectivity index (χ0n) is 9.37. The fraction of sp³-hybridized carbons (Fsp3) is 0.182. The van der Waals surface area contributed by atoms with Gasteiger partial charge in [0, 0.05) is 11.4 Å². The molecule has 1 aliphatic rings. The molecular weight excluding hydrogens is 222 g/mol. The van der Waals surface area contributed by atoms with Gasteiger partial charge in [0.2, 0.25) is 5.88 Å². The first kappa shape index (κ1) is 11.1. The van der Waals surface area contributed by atoms with Gasteiger partial charge in [-0.3, -0.25) is 19.8 Å². The first-order valence-electron chi connectivity index (χ1n) is 4.98. The molecule has 6 heteroatoms. The van der Waals surface area contributed by atoms with Crippen molar-refractivity contribution < 1.29 is 5.11 Å². The second-order valence-electron chi connectivity index (χ2n) is 3.75. The first-order chi connectivity index (χ1) is 7.97. The molecule has 0 atom stereocenters. The van der Waals surface area contributed by atoms with Crippen LogP contribution < -0.4 is 11.2 Å². The van der Waals surface area contributed by atoms with E-state index in [1.165, 1.54) is 6.08 Å². The molecule has 0 fully saturated rings. The van der Waals surface area contributed by atoms with Crippen molar-refractivity contribution in [1.82, 2.24) is 9.97 Å². The van der Waals surface area contributed by atoms with Crippen molar-refractivity contribution >= 4 is 11.8 Å². The van der Waals surface area contributed by atoms with E-state index in [0.717, 1.165) is 17.0 Å². The van der Waals surface area contributed by atoms with Crippen LogP contribution in [0.25, 0.3) is 6.08 Å². The number of aromatic amines is 2. The lowest BCUT2D eigenvalue weighted by molar-refractivity contribution is 0.447. The fourth-order valence-corrected chi connectivity index (χ4v) is 1.61. The van der Waals surface area contributed by atoms with E-state index in [2.05, 4.69) is 9.98 Å². The van der Waals surface area contributed by atoms with Crippen molar-refractivity contribution in [2.75, 3.05) is 0 Å². The highest BCUT2D eigenvalue weighted by Gasteiger charge is 2.11. The maximum Gasteiger partial charge on any atom is 0.328 e. The lowest BCUT2D eigenvalue weighted by Gasteiger charge is -1.98. The molecule has 0 saturated carbocycles. The van der Waals surface area contributed by atoms with Gasteiger partial charge in [0.15, 0.2) is 0 Å². The Hall–Kier alpha value is -2.37. The van der Waals surface area contributed by atoms with E-state index in [-0.39, 0.29) is 5.56 Å². The molecule has 0 saturated heterocycles. The quantitative estimate of drug-likeness (QED) is 0.659. The van der Waals surface area contributed by atoms with E-state index < -0.39 is 17.1 Å². The molecule has 1 aliphatic heterocycles. The third-order valence-corrected chi connectivity index (χ3v) is 2.38. The number of nitrogens with zero attached hydrogens (tertiary/aromatic N) is 1. The van der Waals surface area contributed by atoms with E-state index >= 15 is 0 Å². The van der Waals surface area contributed by atoms with E-state index in [1.54, 1.807) is 13.0 Å². The molecule has 1 aromatic rings. The van der Waals surface area contributed by atoms with Crippen LogP contribution in [0.3, 0.4) is 0 Å². The molecule has 0 unspecified atom stereocenters. The topological polar surface area (TPSA) is 98.3 Å². The number of hydrogen-bond donors (Lipinski definition) is 3. The van der Waals surface area contributed by atoms with E-state index in [1.807, 2.05) is 11.9 Å². The van der Waals surface area contributed by atoms with Gasteiger partial charge in [-0.1, -0.05) is 0 Å². The van der Waals surface area contributed by atoms with Crippen LogP contribution in [-0.4, -0.2) is 20.8 Å². The lowest BCUT2D eigenvalue weighted by atomic mass is 10.1. The second kappa shape index (κ2) is 3.89. The van der Waals surface area contributed by atoms with Gasteiger partial charge in [0.25, 0.3) is 5.56 Å². The molecule has 1 aromatic heterocycles. The van der Waals surface area contributed by atoms with Gasteiger partial charge in [0.1, 0.15) is 5.56 Å². The number of allylic oxidation sites excluding steroid dienone is 3. The number of H-pyrrole nitrogens is 2. The minimum Gasteiger partial charge on any atom is -0.494 e. The summed E-state index contributed by atoms with van der Waals surface area (Å²) in [7, 11) is 0. The summed E-state index contributed by atoms with van der Waals surface area (Å²) in [5.74, 6) is -0.447. The molecule has 88 valence electrons. The Morgan fingerprint density at radius 1 is 1.29 bits per heavy atom. The first-order valence-corrected chi connectivity index (χ1v) is 4.98. The molecule has 17 heavy (non-hydrogen) atoms. The fourth-order valence-electron chi connectivity index (χ4n) is 1.61. The van der Waals surface area contributed by atoms with Crippen molar-refractivity contribution in [3.8, 4) is 5.88 Å². The van der Waals surface area contributed by atoms with Crippen LogP contribution in [0.5, 0.6) is 5.88 Å². The highest BCUT2D eigenvalue weighted by Crippen LogP contribution is 2.19. The number of rotatable bonds is 1. The molecular formula is C11H11N3O3. The van der Waals surface area contributed by atoms with Gasteiger partial charge in [-0.25, -0.2) is 4.79 Å². The Balaban J connectivity index is 2.59. The van der Waals surface area contributed by atoms with E-state index in [9.17, 15) is 14.7 Å². The Kier molecular flexibility index (Phi) is 2.55. The van der Waals surface area contributed by atoms with Gasteiger partial charge in [-0.2, -0.15) is 0 Å². The summed E-state index contributed by atoms with van der Waals surface area (Å²) in [4.78, 5) is 30.7. The normalized spacial score (nSPS) is 17.2. The van der Waals surface area contributed by atoms with Crippen LogP contribution in [0.1, 0.15) is 19.4 Å². The molecule has 3 N–H and O–H groups in total. The smallest absolute Gasteiger partial charge is 0.328 e. The Bertz CT molecular complexity index is 674. The summed E-state index contributed by atoms with van der Waals surface area (Å²) >= 11 is 0. The van der Waals surface area contributed by atoms with Crippen molar-refractivity contribution in [2.45, 2.75) is 13.8 Å². The molecule has 2 rings (SSSR count). The van der Waals surface area contributed by atoms with Gasteiger partial charge in [-0.05, 0) is 31.6 Å². The number of hydrogen-bond acceptors (Lipinski definition) is 4. The third-order valence-electron chi connectivity index (χ3n) is 2.38. The zero-order valence-corrected chi connectivity index (χ0v) is 9.37. The Morgan fingerprint density at radius 2 is 2.00 bits per heavy atom. The second-order valence-corrected chi connectivity index (χ2v) is 3.75. The molecule has 0 spiro atoms. The monoisotopic (exact) mass is 233 g/mol. The van der Waals surface area contributed by atoms with Crippen molar-refractivity contribution in [1.29, 1.82) is 0 Å². The molecule has 0 radical (unpaired) electrons. The number of aromatic nitrogens is 2. The summed E-state index contributed by atoms with van der Waals surface area (Å²) in [6.45, 7) is 3.64. The summed E-state index contributed by atoms with van der Waals surface area (Å²) in [5.41, 5.74) is 0.958. The van der Waals surface area contributed by atoms with E-state index in [0.29, 0.717) is 0 Å². The average molecular weight is 233 g/mol. The molecule has 0 amide bonds.